The molecule has 14 heavy (non-hydrogen) atoms. The first kappa shape index (κ1) is 10.6. The highest BCUT2D eigenvalue weighted by Crippen LogP contribution is 2.22. The molecule has 0 unspecified atom stereocenters. The van der Waals surface area contributed by atoms with Gasteiger partial charge in [-0.05, 0) is 12.1 Å². The highest BCUT2D eigenvalue weighted by molar-refractivity contribution is 6.31. The first-order valence-corrected chi connectivity index (χ1v) is 4.11. The molecule has 0 aromatic heterocycles. The van der Waals surface area contributed by atoms with E-state index < -0.39 is 10.7 Å². The molecule has 0 bridgehead atoms. The van der Waals surface area contributed by atoms with Crippen molar-refractivity contribution in [3.05, 3.63) is 38.9 Å². The molecular formula is C8H7ClN2O3. The van der Waals surface area contributed by atoms with Gasteiger partial charge in [-0.1, -0.05) is 11.6 Å². The molecule has 0 saturated heterocycles. The van der Waals surface area contributed by atoms with Gasteiger partial charge in [0.05, 0.1) is 17.0 Å². The molecule has 1 rings (SSSR count). The van der Waals surface area contributed by atoms with Gasteiger partial charge >= 0.3 is 0 Å². The number of nitrogens with zero attached hydrogens (tertiary/aromatic N) is 1. The molecule has 0 aliphatic carbocycles. The van der Waals surface area contributed by atoms with Gasteiger partial charge in [0.25, 0.3) is 5.69 Å². The normalized spacial score (nSPS) is 9.86. The highest BCUT2D eigenvalue weighted by Gasteiger charge is 2.18. The molecule has 0 saturated carbocycles. The van der Waals surface area contributed by atoms with Gasteiger partial charge in [-0.15, -0.1) is 0 Å². The summed E-state index contributed by atoms with van der Waals surface area (Å²) in [6.45, 7) is -0.277. The largest absolute Gasteiger partial charge is 0.324 e. The molecule has 0 radical (unpaired) electrons. The number of nitro benzene ring substituents is 1. The first-order valence-electron chi connectivity index (χ1n) is 3.73. The van der Waals surface area contributed by atoms with Crippen molar-refractivity contribution < 1.29 is 9.72 Å². The van der Waals surface area contributed by atoms with Crippen LogP contribution < -0.4 is 5.73 Å². The van der Waals surface area contributed by atoms with Crippen LogP contribution in [0, 0.1) is 10.1 Å². The predicted molar refractivity (Wildman–Crippen MR) is 51.5 cm³/mol. The van der Waals surface area contributed by atoms with Gasteiger partial charge in [-0.3, -0.25) is 14.9 Å². The van der Waals surface area contributed by atoms with Crippen molar-refractivity contribution in [2.24, 2.45) is 5.73 Å². The summed E-state index contributed by atoms with van der Waals surface area (Å²) in [5.41, 5.74) is 4.78. The van der Waals surface area contributed by atoms with E-state index in [2.05, 4.69) is 0 Å². The molecule has 0 aliphatic rings. The van der Waals surface area contributed by atoms with E-state index in [9.17, 15) is 14.9 Å². The summed E-state index contributed by atoms with van der Waals surface area (Å²) in [6.07, 6.45) is 0. The Bertz CT molecular complexity index is 392. The van der Waals surface area contributed by atoms with Crippen molar-refractivity contribution in [2.75, 3.05) is 6.54 Å². The molecule has 0 amide bonds. The minimum Gasteiger partial charge on any atom is -0.324 e. The number of nitrogens with two attached hydrogens (primary N) is 1. The van der Waals surface area contributed by atoms with Gasteiger partial charge in [0.2, 0.25) is 0 Å². The molecule has 0 aliphatic heterocycles. The van der Waals surface area contributed by atoms with E-state index in [4.69, 9.17) is 17.3 Å². The Morgan fingerprint density at radius 3 is 2.71 bits per heavy atom. The zero-order valence-corrected chi connectivity index (χ0v) is 7.82. The molecule has 2 N–H and O–H groups in total. The second-order valence-electron chi connectivity index (χ2n) is 2.55. The summed E-state index contributed by atoms with van der Waals surface area (Å²) in [6, 6.07) is 3.78. The average Bonchev–Trinajstić information content (AvgIpc) is 2.16. The Labute approximate surface area is 84.6 Å². The zero-order valence-electron chi connectivity index (χ0n) is 7.07. The van der Waals surface area contributed by atoms with Crippen molar-refractivity contribution in [2.45, 2.75) is 0 Å². The SMILES string of the molecule is NCC(=O)c1cc(Cl)ccc1[N+](=O)[O-]. The fourth-order valence-electron chi connectivity index (χ4n) is 1.00. The number of benzene rings is 1. The van der Waals surface area contributed by atoms with Crippen LogP contribution in [0.3, 0.4) is 0 Å². The molecule has 0 atom stereocenters. The van der Waals surface area contributed by atoms with Crippen LogP contribution >= 0.6 is 11.6 Å². The lowest BCUT2D eigenvalue weighted by molar-refractivity contribution is -0.385. The van der Waals surface area contributed by atoms with Crippen molar-refractivity contribution in [1.82, 2.24) is 0 Å². The van der Waals surface area contributed by atoms with Crippen LogP contribution in [0.4, 0.5) is 5.69 Å². The van der Waals surface area contributed by atoms with E-state index in [1.165, 1.54) is 18.2 Å². The minimum absolute atomic E-state index is 0.0509. The van der Waals surface area contributed by atoms with Crippen LogP contribution in [0.5, 0.6) is 0 Å². The summed E-state index contributed by atoms with van der Waals surface area (Å²) < 4.78 is 0. The number of halogens is 1. The molecule has 0 spiro atoms. The Kier molecular flexibility index (Phi) is 3.16. The minimum atomic E-state index is -0.640. The van der Waals surface area contributed by atoms with Crippen LogP contribution in [0.2, 0.25) is 5.02 Å². The van der Waals surface area contributed by atoms with Crippen molar-refractivity contribution >= 4 is 23.1 Å². The summed E-state index contributed by atoms with van der Waals surface area (Å²) in [5.74, 6) is -0.501. The van der Waals surface area contributed by atoms with Gasteiger partial charge in [0.15, 0.2) is 5.78 Å². The van der Waals surface area contributed by atoms with Crippen LogP contribution in [0.25, 0.3) is 0 Å². The molecule has 5 nitrogen and oxygen atoms in total. The number of carbonyl (C=O) groups excluding carboxylic acids is 1. The van der Waals surface area contributed by atoms with E-state index in [1.54, 1.807) is 0 Å². The van der Waals surface area contributed by atoms with Gasteiger partial charge < -0.3 is 5.73 Å². The van der Waals surface area contributed by atoms with Gasteiger partial charge in [-0.25, -0.2) is 0 Å². The summed E-state index contributed by atoms with van der Waals surface area (Å²) >= 11 is 5.61. The Hall–Kier alpha value is -1.46. The van der Waals surface area contributed by atoms with Crippen LogP contribution in [0.15, 0.2) is 18.2 Å². The third-order valence-electron chi connectivity index (χ3n) is 1.64. The van der Waals surface area contributed by atoms with Crippen molar-refractivity contribution in [3.63, 3.8) is 0 Å². The second-order valence-corrected chi connectivity index (χ2v) is 2.98. The lowest BCUT2D eigenvalue weighted by atomic mass is 10.1. The maximum absolute atomic E-state index is 11.2. The quantitative estimate of drug-likeness (QED) is 0.468. The van der Waals surface area contributed by atoms with Gasteiger partial charge in [0.1, 0.15) is 0 Å². The maximum Gasteiger partial charge on any atom is 0.280 e. The Balaban J connectivity index is 3.29. The standard InChI is InChI=1S/C8H7ClN2O3/c9-5-1-2-7(11(13)14)6(3-5)8(12)4-10/h1-3H,4,10H2. The number of carbonyl (C=O) groups is 1. The molecule has 6 heteroatoms. The summed E-state index contributed by atoms with van der Waals surface area (Å²) in [7, 11) is 0. The number of hydrogen-bond donors (Lipinski definition) is 1. The third-order valence-corrected chi connectivity index (χ3v) is 1.88. The van der Waals surface area contributed by atoms with E-state index in [-0.39, 0.29) is 22.8 Å². The van der Waals surface area contributed by atoms with Crippen molar-refractivity contribution in [3.8, 4) is 0 Å². The lowest BCUT2D eigenvalue weighted by Gasteiger charge is -2.00. The van der Waals surface area contributed by atoms with Crippen LogP contribution in [0.1, 0.15) is 10.4 Å². The average molecular weight is 215 g/mol. The third kappa shape index (κ3) is 2.07. The molecule has 0 heterocycles. The fraction of sp³-hybridized carbons (Fsp3) is 0.125. The van der Waals surface area contributed by atoms with Gasteiger partial charge in [-0.2, -0.15) is 0 Å². The zero-order chi connectivity index (χ0) is 10.7. The van der Waals surface area contributed by atoms with E-state index >= 15 is 0 Å². The summed E-state index contributed by atoms with van der Waals surface area (Å²) in [5, 5.41) is 10.8. The molecule has 0 fully saturated rings. The Morgan fingerprint density at radius 2 is 2.21 bits per heavy atom. The second kappa shape index (κ2) is 4.17. The number of ketones is 1. The monoisotopic (exact) mass is 214 g/mol. The number of Topliss-reactive ketones (excluding diaryl/α,β-unsaturated/α-hetero) is 1. The Morgan fingerprint density at radius 1 is 1.57 bits per heavy atom. The van der Waals surface area contributed by atoms with Crippen LogP contribution in [-0.2, 0) is 0 Å². The first-order chi connectivity index (χ1) is 6.56. The molecular weight excluding hydrogens is 208 g/mol. The molecule has 1 aromatic carbocycles. The van der Waals surface area contributed by atoms with Crippen LogP contribution in [-0.4, -0.2) is 17.3 Å². The maximum atomic E-state index is 11.2. The van der Waals surface area contributed by atoms with E-state index in [0.29, 0.717) is 0 Å². The molecule has 74 valence electrons. The number of nitro groups is 1. The smallest absolute Gasteiger partial charge is 0.280 e. The lowest BCUT2D eigenvalue weighted by Crippen LogP contribution is -2.15. The summed E-state index contributed by atoms with van der Waals surface area (Å²) in [4.78, 5) is 21.1. The predicted octanol–water partition coefficient (Wildman–Crippen LogP) is 1.39. The topological polar surface area (TPSA) is 86.2 Å². The molecule has 1 aromatic rings. The highest BCUT2D eigenvalue weighted by atomic mass is 35.5. The number of hydrogen-bond acceptors (Lipinski definition) is 4. The van der Waals surface area contributed by atoms with E-state index in [1.807, 2.05) is 0 Å². The fourth-order valence-corrected chi connectivity index (χ4v) is 1.17. The van der Waals surface area contributed by atoms with Gasteiger partial charge in [0, 0.05) is 11.1 Å². The van der Waals surface area contributed by atoms with E-state index in [0.717, 1.165) is 0 Å². The van der Waals surface area contributed by atoms with Crippen molar-refractivity contribution in [1.29, 1.82) is 0 Å². The number of rotatable bonds is 3.